The van der Waals surface area contributed by atoms with Gasteiger partial charge in [-0.1, -0.05) is 24.3 Å². The van der Waals surface area contributed by atoms with Crippen molar-refractivity contribution in [3.63, 3.8) is 0 Å². The number of aryl methyl sites for hydroxylation is 1. The molecule has 1 aliphatic rings. The van der Waals surface area contributed by atoms with E-state index in [1.807, 2.05) is 50.3 Å². The molecule has 0 fully saturated rings. The van der Waals surface area contributed by atoms with Crippen LogP contribution in [0.3, 0.4) is 0 Å². The Bertz CT molecular complexity index is 1030. The third-order valence-corrected chi connectivity index (χ3v) is 4.73. The summed E-state index contributed by atoms with van der Waals surface area (Å²) >= 11 is 0. The summed E-state index contributed by atoms with van der Waals surface area (Å²) in [5.41, 5.74) is 2.05. The fraction of sp³-hybridized carbons (Fsp3) is 0.368. The third-order valence-electron chi connectivity index (χ3n) is 4.73. The van der Waals surface area contributed by atoms with Crippen LogP contribution in [-0.2, 0) is 15.9 Å². The highest BCUT2D eigenvalue weighted by atomic mass is 16.5. The second-order valence-corrected chi connectivity index (χ2v) is 7.31. The minimum absolute atomic E-state index is 0.190. The van der Waals surface area contributed by atoms with Crippen molar-refractivity contribution in [3.05, 3.63) is 57.6 Å². The highest BCUT2D eigenvalue weighted by Crippen LogP contribution is 2.45. The van der Waals surface area contributed by atoms with Crippen molar-refractivity contribution in [1.29, 1.82) is 0 Å². The van der Waals surface area contributed by atoms with E-state index < -0.39 is 11.2 Å². The van der Waals surface area contributed by atoms with Crippen molar-refractivity contribution in [2.45, 2.75) is 45.8 Å². The van der Waals surface area contributed by atoms with Gasteiger partial charge in [-0.05, 0) is 45.6 Å². The summed E-state index contributed by atoms with van der Waals surface area (Å²) < 4.78 is 8.23. The Morgan fingerprint density at radius 1 is 1.04 bits per heavy atom. The van der Waals surface area contributed by atoms with Crippen LogP contribution in [0, 0.1) is 6.92 Å². The molecule has 0 radical (unpaired) electrons. The fourth-order valence-corrected chi connectivity index (χ4v) is 4.01. The second-order valence-electron chi connectivity index (χ2n) is 7.31. The van der Waals surface area contributed by atoms with Gasteiger partial charge in [0.1, 0.15) is 11.2 Å². The van der Waals surface area contributed by atoms with E-state index in [9.17, 15) is 4.79 Å². The van der Waals surface area contributed by atoms with Crippen molar-refractivity contribution >= 4 is 16.4 Å². The monoisotopic (exact) mass is 308 g/mol. The summed E-state index contributed by atoms with van der Waals surface area (Å²) in [7, 11) is 0. The first-order valence-corrected chi connectivity index (χ1v) is 7.88. The molecule has 0 saturated heterocycles. The number of fused-ring (bicyclic) bond motifs is 5. The molecule has 3 aromatic rings. The summed E-state index contributed by atoms with van der Waals surface area (Å²) in [6, 6.07) is 8.07. The van der Waals surface area contributed by atoms with E-state index in [0.717, 1.165) is 22.0 Å². The molecule has 4 nitrogen and oxygen atoms in total. The smallest absolute Gasteiger partial charge is 0.279 e. The van der Waals surface area contributed by atoms with Gasteiger partial charge < -0.3 is 9.14 Å². The molecule has 118 valence electrons. The zero-order valence-corrected chi connectivity index (χ0v) is 14.1. The molecule has 0 aliphatic carbocycles. The topological polar surface area (TPSA) is 43.6 Å². The fourth-order valence-electron chi connectivity index (χ4n) is 4.01. The molecule has 0 atom stereocenters. The molecule has 0 saturated carbocycles. The largest absolute Gasteiger partial charge is 0.358 e. The first-order chi connectivity index (χ1) is 10.7. The lowest BCUT2D eigenvalue weighted by Gasteiger charge is -2.24. The Kier molecular flexibility index (Phi) is 2.63. The number of nitrogens with zero attached hydrogens (tertiary/aromatic N) is 2. The minimum Gasteiger partial charge on any atom is -0.358 e. The van der Waals surface area contributed by atoms with E-state index in [-0.39, 0.29) is 5.56 Å². The maximum absolute atomic E-state index is 12.8. The molecule has 0 amide bonds. The average Bonchev–Trinajstić information content (AvgIpc) is 2.66. The highest BCUT2D eigenvalue weighted by molar-refractivity contribution is 5.96. The number of aromatic nitrogens is 2. The predicted molar refractivity (Wildman–Crippen MR) is 90.8 cm³/mol. The molecule has 0 spiro atoms. The lowest BCUT2D eigenvalue weighted by atomic mass is 9.95. The highest BCUT2D eigenvalue weighted by Gasteiger charge is 2.47. The Morgan fingerprint density at radius 3 is 2.39 bits per heavy atom. The van der Waals surface area contributed by atoms with Crippen LogP contribution < -0.4 is 5.56 Å². The standard InChI is InChI=1S/C19H20N2O2/c1-11-10-21-15-14(18(2,3)23-19(15,4)5)17(22)20-16(21)13-9-7-6-8-12(11)13/h6-10H,1-5H3. The van der Waals surface area contributed by atoms with Crippen molar-refractivity contribution < 1.29 is 4.74 Å². The van der Waals surface area contributed by atoms with Gasteiger partial charge >= 0.3 is 0 Å². The van der Waals surface area contributed by atoms with Gasteiger partial charge in [0.05, 0.1) is 16.9 Å². The molecular formula is C19H20N2O2. The Labute approximate surface area is 134 Å². The van der Waals surface area contributed by atoms with Gasteiger partial charge in [-0.15, -0.1) is 0 Å². The van der Waals surface area contributed by atoms with Gasteiger partial charge in [0.2, 0.25) is 0 Å². The van der Waals surface area contributed by atoms with Crippen molar-refractivity contribution in [3.8, 4) is 0 Å². The second kappa shape index (κ2) is 4.20. The summed E-state index contributed by atoms with van der Waals surface area (Å²) in [5, 5.41) is 2.11. The maximum atomic E-state index is 12.8. The van der Waals surface area contributed by atoms with Crippen LogP contribution in [0.5, 0.6) is 0 Å². The van der Waals surface area contributed by atoms with Crippen LogP contribution in [0.1, 0.15) is 44.5 Å². The normalized spacial score (nSPS) is 18.5. The van der Waals surface area contributed by atoms with E-state index >= 15 is 0 Å². The minimum atomic E-state index is -0.635. The van der Waals surface area contributed by atoms with Crippen molar-refractivity contribution in [2.24, 2.45) is 0 Å². The zero-order valence-electron chi connectivity index (χ0n) is 14.1. The number of ether oxygens (including phenoxy) is 1. The molecule has 0 unspecified atom stereocenters. The van der Waals surface area contributed by atoms with Crippen LogP contribution in [0.4, 0.5) is 0 Å². The number of hydrogen-bond acceptors (Lipinski definition) is 3. The van der Waals surface area contributed by atoms with Crippen LogP contribution in [-0.4, -0.2) is 9.38 Å². The van der Waals surface area contributed by atoms with Crippen LogP contribution in [0.25, 0.3) is 16.4 Å². The van der Waals surface area contributed by atoms with Gasteiger partial charge in [-0.3, -0.25) is 4.79 Å². The van der Waals surface area contributed by atoms with Crippen LogP contribution in [0.15, 0.2) is 35.3 Å². The van der Waals surface area contributed by atoms with Gasteiger partial charge in [0, 0.05) is 11.6 Å². The Hall–Kier alpha value is -2.20. The quantitative estimate of drug-likeness (QED) is 0.595. The number of hydrogen-bond donors (Lipinski definition) is 0. The van der Waals surface area contributed by atoms with E-state index in [4.69, 9.17) is 4.74 Å². The maximum Gasteiger partial charge on any atom is 0.279 e. The van der Waals surface area contributed by atoms with E-state index in [2.05, 4.69) is 24.2 Å². The lowest BCUT2D eigenvalue weighted by Crippen LogP contribution is -2.27. The van der Waals surface area contributed by atoms with Crippen molar-refractivity contribution in [2.75, 3.05) is 0 Å². The first kappa shape index (κ1) is 14.4. The molecule has 2 aromatic heterocycles. The summed E-state index contributed by atoms with van der Waals surface area (Å²) in [5.74, 6) is 0. The third kappa shape index (κ3) is 1.81. The Balaban J connectivity index is 2.30. The van der Waals surface area contributed by atoms with Crippen LogP contribution >= 0.6 is 0 Å². The predicted octanol–water partition coefficient (Wildman–Crippen LogP) is 3.66. The number of benzene rings is 1. The lowest BCUT2D eigenvalue weighted by molar-refractivity contribution is -0.106. The van der Waals surface area contributed by atoms with E-state index in [1.165, 1.54) is 0 Å². The van der Waals surface area contributed by atoms with Gasteiger partial charge in [0.25, 0.3) is 5.56 Å². The van der Waals surface area contributed by atoms with Crippen molar-refractivity contribution in [1.82, 2.24) is 9.38 Å². The van der Waals surface area contributed by atoms with E-state index in [1.54, 1.807) is 0 Å². The van der Waals surface area contributed by atoms with E-state index in [0.29, 0.717) is 11.2 Å². The van der Waals surface area contributed by atoms with Gasteiger partial charge in [-0.2, -0.15) is 4.98 Å². The summed E-state index contributed by atoms with van der Waals surface area (Å²) in [6.45, 7) is 9.97. The summed E-state index contributed by atoms with van der Waals surface area (Å²) in [4.78, 5) is 17.2. The average molecular weight is 308 g/mol. The molecule has 4 rings (SSSR count). The number of pyridine rings is 1. The van der Waals surface area contributed by atoms with Gasteiger partial charge in [0.15, 0.2) is 0 Å². The molecule has 1 aromatic carbocycles. The zero-order chi connectivity index (χ0) is 16.6. The molecule has 0 N–H and O–H groups in total. The molecule has 0 bridgehead atoms. The molecule has 4 heteroatoms. The van der Waals surface area contributed by atoms with Gasteiger partial charge in [-0.25, -0.2) is 0 Å². The molecule has 23 heavy (non-hydrogen) atoms. The molecule has 1 aliphatic heterocycles. The Morgan fingerprint density at radius 2 is 1.70 bits per heavy atom. The summed E-state index contributed by atoms with van der Waals surface area (Å²) in [6.07, 6.45) is 2.06. The van der Waals surface area contributed by atoms with Crippen LogP contribution in [0.2, 0.25) is 0 Å². The first-order valence-electron chi connectivity index (χ1n) is 7.88. The number of rotatable bonds is 0. The molecular weight excluding hydrogens is 288 g/mol. The molecule has 3 heterocycles. The SMILES string of the molecule is Cc1cn2c3c(c(=O)nc2c2ccccc12)C(C)(C)OC3(C)C.